The van der Waals surface area contributed by atoms with Gasteiger partial charge in [-0.15, -0.1) is 0 Å². The van der Waals surface area contributed by atoms with Gasteiger partial charge in [-0.1, -0.05) is 53.5 Å². The van der Waals surface area contributed by atoms with Gasteiger partial charge in [0.1, 0.15) is 0 Å². The minimum atomic E-state index is -1.13. The van der Waals surface area contributed by atoms with Crippen LogP contribution in [0.2, 0.25) is 10.0 Å². The molecule has 0 saturated heterocycles. The molecule has 0 aliphatic rings. The average molecular weight is 386 g/mol. The first-order valence-electron chi connectivity index (χ1n) is 7.65. The molecule has 0 aromatic heterocycles. The summed E-state index contributed by atoms with van der Waals surface area (Å²) >= 11 is 12.0. The third-order valence-electron chi connectivity index (χ3n) is 3.79. The van der Waals surface area contributed by atoms with Crippen molar-refractivity contribution >= 4 is 40.8 Å². The third-order valence-corrected chi connectivity index (χ3v) is 4.53. The Morgan fingerprint density at radius 3 is 2.12 bits per heavy atom. The molecule has 0 fully saturated rings. The zero-order valence-corrected chi connectivity index (χ0v) is 14.9. The number of rotatable bonds is 4. The van der Waals surface area contributed by atoms with Crippen LogP contribution in [-0.2, 0) is 0 Å². The van der Waals surface area contributed by atoms with E-state index in [4.69, 9.17) is 23.2 Å². The van der Waals surface area contributed by atoms with Crippen molar-refractivity contribution in [1.82, 2.24) is 0 Å². The highest BCUT2D eigenvalue weighted by atomic mass is 35.5. The van der Waals surface area contributed by atoms with E-state index >= 15 is 0 Å². The van der Waals surface area contributed by atoms with Gasteiger partial charge in [0.25, 0.3) is 5.91 Å². The Hall–Kier alpha value is -2.82. The Morgan fingerprint density at radius 2 is 1.46 bits per heavy atom. The fourth-order valence-corrected chi connectivity index (χ4v) is 2.77. The van der Waals surface area contributed by atoms with Crippen LogP contribution < -0.4 is 5.32 Å². The summed E-state index contributed by atoms with van der Waals surface area (Å²) in [5.41, 5.74) is 2.10. The number of benzene rings is 3. The molecular formula is C20H13Cl2NO3. The van der Waals surface area contributed by atoms with Crippen LogP contribution in [0.15, 0.2) is 66.7 Å². The van der Waals surface area contributed by atoms with Crippen LogP contribution in [0.5, 0.6) is 0 Å². The normalized spacial score (nSPS) is 10.4. The van der Waals surface area contributed by atoms with Crippen LogP contribution in [0.25, 0.3) is 11.1 Å². The van der Waals surface area contributed by atoms with Crippen LogP contribution in [0.1, 0.15) is 20.7 Å². The van der Waals surface area contributed by atoms with E-state index in [1.54, 1.807) is 60.7 Å². The SMILES string of the molecule is O=C(Nc1cc(-c2ccc(Cl)c(Cl)c2)ccc1C(=O)O)c1ccccc1. The van der Waals surface area contributed by atoms with Crippen molar-refractivity contribution in [3.8, 4) is 11.1 Å². The molecule has 0 atom stereocenters. The number of anilines is 1. The molecule has 3 aromatic carbocycles. The number of aromatic carboxylic acids is 1. The summed E-state index contributed by atoms with van der Waals surface area (Å²) in [5, 5.41) is 12.9. The van der Waals surface area contributed by atoms with E-state index in [0.717, 1.165) is 5.56 Å². The molecule has 0 aliphatic heterocycles. The fraction of sp³-hybridized carbons (Fsp3) is 0. The first-order valence-corrected chi connectivity index (χ1v) is 8.40. The number of hydrogen-bond acceptors (Lipinski definition) is 2. The van der Waals surface area contributed by atoms with Crippen LogP contribution in [0.4, 0.5) is 5.69 Å². The quantitative estimate of drug-likeness (QED) is 0.613. The van der Waals surface area contributed by atoms with Gasteiger partial charge < -0.3 is 10.4 Å². The van der Waals surface area contributed by atoms with E-state index in [2.05, 4.69) is 5.32 Å². The van der Waals surface area contributed by atoms with Gasteiger partial charge in [-0.2, -0.15) is 0 Å². The highest BCUT2D eigenvalue weighted by molar-refractivity contribution is 6.42. The topological polar surface area (TPSA) is 66.4 Å². The molecule has 2 N–H and O–H groups in total. The summed E-state index contributed by atoms with van der Waals surface area (Å²) in [6.07, 6.45) is 0. The minimum Gasteiger partial charge on any atom is -0.478 e. The minimum absolute atomic E-state index is 0.00177. The zero-order chi connectivity index (χ0) is 18.7. The molecule has 0 bridgehead atoms. The second kappa shape index (κ2) is 7.60. The van der Waals surface area contributed by atoms with E-state index in [1.807, 2.05) is 0 Å². The van der Waals surface area contributed by atoms with Gasteiger partial charge in [-0.25, -0.2) is 4.79 Å². The molecular weight excluding hydrogens is 373 g/mol. The molecule has 0 saturated carbocycles. The maximum atomic E-state index is 12.4. The van der Waals surface area contributed by atoms with Gasteiger partial charge >= 0.3 is 5.97 Å². The maximum absolute atomic E-state index is 12.4. The van der Waals surface area contributed by atoms with E-state index in [9.17, 15) is 14.7 Å². The average Bonchev–Trinajstić information content (AvgIpc) is 2.64. The molecule has 6 heteroatoms. The number of carbonyl (C=O) groups excluding carboxylic acids is 1. The van der Waals surface area contributed by atoms with Crippen molar-refractivity contribution < 1.29 is 14.7 Å². The predicted octanol–water partition coefficient (Wildman–Crippen LogP) is 5.61. The van der Waals surface area contributed by atoms with Crippen molar-refractivity contribution in [1.29, 1.82) is 0 Å². The van der Waals surface area contributed by atoms with Gasteiger partial charge in [0.2, 0.25) is 0 Å². The Balaban J connectivity index is 2.00. The van der Waals surface area contributed by atoms with Crippen LogP contribution in [-0.4, -0.2) is 17.0 Å². The van der Waals surface area contributed by atoms with E-state index in [1.165, 1.54) is 6.07 Å². The lowest BCUT2D eigenvalue weighted by atomic mass is 10.0. The smallest absolute Gasteiger partial charge is 0.337 e. The van der Waals surface area contributed by atoms with Crippen molar-refractivity contribution in [2.75, 3.05) is 5.32 Å². The molecule has 26 heavy (non-hydrogen) atoms. The largest absolute Gasteiger partial charge is 0.478 e. The number of hydrogen-bond donors (Lipinski definition) is 2. The second-order valence-electron chi connectivity index (χ2n) is 5.51. The summed E-state index contributed by atoms with van der Waals surface area (Å²) in [6.45, 7) is 0. The monoisotopic (exact) mass is 385 g/mol. The summed E-state index contributed by atoms with van der Waals surface area (Å²) in [7, 11) is 0. The number of carboxylic acids is 1. The summed E-state index contributed by atoms with van der Waals surface area (Å²) in [5.74, 6) is -1.52. The lowest BCUT2D eigenvalue weighted by Crippen LogP contribution is -2.14. The summed E-state index contributed by atoms with van der Waals surface area (Å²) < 4.78 is 0. The molecule has 0 aliphatic carbocycles. The molecule has 0 spiro atoms. The molecule has 3 aromatic rings. The van der Waals surface area contributed by atoms with Gasteiger partial charge in [0, 0.05) is 5.56 Å². The summed E-state index contributed by atoms with van der Waals surface area (Å²) in [6, 6.07) is 18.4. The van der Waals surface area contributed by atoms with Crippen LogP contribution in [0, 0.1) is 0 Å². The van der Waals surface area contributed by atoms with E-state index in [-0.39, 0.29) is 17.2 Å². The maximum Gasteiger partial charge on any atom is 0.337 e. The predicted molar refractivity (Wildman–Crippen MR) is 103 cm³/mol. The second-order valence-corrected chi connectivity index (χ2v) is 6.33. The molecule has 130 valence electrons. The standard InChI is InChI=1S/C20H13Cl2NO3/c21-16-9-7-13(10-17(16)22)14-6-8-15(20(25)26)18(11-14)23-19(24)12-4-2-1-3-5-12/h1-11H,(H,23,24)(H,25,26). The molecule has 0 unspecified atom stereocenters. The van der Waals surface area contributed by atoms with Crippen molar-refractivity contribution in [2.24, 2.45) is 0 Å². The lowest BCUT2D eigenvalue weighted by Gasteiger charge is -2.12. The molecule has 0 radical (unpaired) electrons. The fourth-order valence-electron chi connectivity index (χ4n) is 2.47. The van der Waals surface area contributed by atoms with Gasteiger partial charge in [0.15, 0.2) is 0 Å². The third kappa shape index (κ3) is 3.87. The molecule has 3 rings (SSSR count). The Morgan fingerprint density at radius 1 is 0.808 bits per heavy atom. The van der Waals surface area contributed by atoms with Crippen LogP contribution >= 0.6 is 23.2 Å². The van der Waals surface area contributed by atoms with Crippen molar-refractivity contribution in [2.45, 2.75) is 0 Å². The van der Waals surface area contributed by atoms with Crippen LogP contribution in [0.3, 0.4) is 0 Å². The highest BCUT2D eigenvalue weighted by Gasteiger charge is 2.15. The lowest BCUT2D eigenvalue weighted by molar-refractivity contribution is 0.0698. The van der Waals surface area contributed by atoms with E-state index in [0.29, 0.717) is 21.2 Å². The highest BCUT2D eigenvalue weighted by Crippen LogP contribution is 2.31. The number of carbonyl (C=O) groups is 2. The number of carboxylic acid groups (broad SMARTS) is 1. The molecule has 4 nitrogen and oxygen atoms in total. The van der Waals surface area contributed by atoms with Gasteiger partial charge in [-0.05, 0) is 47.5 Å². The molecule has 0 heterocycles. The first-order chi connectivity index (χ1) is 12.5. The number of nitrogens with one attached hydrogen (secondary N) is 1. The Kier molecular flexibility index (Phi) is 5.26. The zero-order valence-electron chi connectivity index (χ0n) is 13.4. The first kappa shape index (κ1) is 18.0. The van der Waals surface area contributed by atoms with E-state index < -0.39 is 5.97 Å². The van der Waals surface area contributed by atoms with Crippen molar-refractivity contribution in [3.63, 3.8) is 0 Å². The Bertz CT molecular complexity index is 988. The van der Waals surface area contributed by atoms with Crippen molar-refractivity contribution in [3.05, 3.63) is 87.9 Å². The number of halogens is 2. The Labute approximate surface area is 160 Å². The summed E-state index contributed by atoms with van der Waals surface area (Å²) in [4.78, 5) is 23.9. The molecule has 1 amide bonds. The number of amides is 1. The van der Waals surface area contributed by atoms with Gasteiger partial charge in [0.05, 0.1) is 21.3 Å². The van der Waals surface area contributed by atoms with Gasteiger partial charge in [-0.3, -0.25) is 4.79 Å².